The van der Waals surface area contributed by atoms with E-state index in [1.165, 1.54) is 0 Å². The minimum absolute atomic E-state index is 0.00630. The molecule has 0 aromatic rings. The van der Waals surface area contributed by atoms with Crippen LogP contribution < -0.4 is 0 Å². The molecule has 0 aromatic carbocycles. The molecule has 3 nitrogen and oxygen atoms in total. The molecule has 0 aliphatic carbocycles. The van der Waals surface area contributed by atoms with Crippen LogP contribution in [0, 0.1) is 0 Å². The van der Waals surface area contributed by atoms with E-state index in [2.05, 4.69) is 6.92 Å². The number of esters is 1. The molecule has 0 aliphatic heterocycles. The highest BCUT2D eigenvalue weighted by atomic mass is 32.2. The van der Waals surface area contributed by atoms with Gasteiger partial charge in [0.25, 0.3) is 0 Å². The van der Waals surface area contributed by atoms with Crippen LogP contribution in [0.25, 0.3) is 0 Å². The SMILES string of the molecule is CCCC(SCCCOC)C(=O)OCC. The first-order chi connectivity index (χ1) is 7.26. The molecule has 1 atom stereocenters. The molecule has 90 valence electrons. The van der Waals surface area contributed by atoms with Gasteiger partial charge in [0.15, 0.2) is 0 Å². The third-order valence-electron chi connectivity index (χ3n) is 1.91. The molecule has 0 N–H and O–H groups in total. The van der Waals surface area contributed by atoms with Crippen LogP contribution in [0.3, 0.4) is 0 Å². The summed E-state index contributed by atoms with van der Waals surface area (Å²) < 4.78 is 9.98. The molecule has 0 saturated carbocycles. The van der Waals surface area contributed by atoms with Crippen molar-refractivity contribution in [1.29, 1.82) is 0 Å². The third-order valence-corrected chi connectivity index (χ3v) is 3.27. The number of ether oxygens (including phenoxy) is 2. The average molecular weight is 234 g/mol. The van der Waals surface area contributed by atoms with E-state index in [4.69, 9.17) is 9.47 Å². The van der Waals surface area contributed by atoms with Gasteiger partial charge in [0.1, 0.15) is 5.25 Å². The Balaban J connectivity index is 3.76. The van der Waals surface area contributed by atoms with Crippen LogP contribution >= 0.6 is 11.8 Å². The Morgan fingerprint density at radius 1 is 1.40 bits per heavy atom. The smallest absolute Gasteiger partial charge is 0.319 e. The summed E-state index contributed by atoms with van der Waals surface area (Å²) in [6.07, 6.45) is 2.90. The number of carbonyl (C=O) groups excluding carboxylic acids is 1. The number of hydrogen-bond donors (Lipinski definition) is 0. The zero-order valence-corrected chi connectivity index (χ0v) is 10.8. The van der Waals surface area contributed by atoms with Crippen molar-refractivity contribution in [2.45, 2.75) is 38.4 Å². The van der Waals surface area contributed by atoms with Gasteiger partial charge in [0.05, 0.1) is 6.61 Å². The van der Waals surface area contributed by atoms with Crippen molar-refractivity contribution in [3.63, 3.8) is 0 Å². The van der Waals surface area contributed by atoms with Crippen LogP contribution in [-0.2, 0) is 14.3 Å². The van der Waals surface area contributed by atoms with Crippen LogP contribution in [0.2, 0.25) is 0 Å². The summed E-state index contributed by atoms with van der Waals surface area (Å²) in [6, 6.07) is 0. The first kappa shape index (κ1) is 14.8. The second-order valence-corrected chi connectivity index (χ2v) is 4.56. The number of hydrogen-bond acceptors (Lipinski definition) is 4. The van der Waals surface area contributed by atoms with E-state index in [1.54, 1.807) is 18.9 Å². The molecule has 0 radical (unpaired) electrons. The molecule has 0 fully saturated rings. The van der Waals surface area contributed by atoms with Gasteiger partial charge in [-0.25, -0.2) is 0 Å². The summed E-state index contributed by atoms with van der Waals surface area (Å²) >= 11 is 1.68. The van der Waals surface area contributed by atoms with Crippen LogP contribution in [0.15, 0.2) is 0 Å². The summed E-state index contributed by atoms with van der Waals surface area (Å²) in [5.74, 6) is 0.888. The maximum absolute atomic E-state index is 11.5. The van der Waals surface area contributed by atoms with Crippen molar-refractivity contribution in [3.05, 3.63) is 0 Å². The third kappa shape index (κ3) is 7.68. The maximum Gasteiger partial charge on any atom is 0.319 e. The van der Waals surface area contributed by atoms with Gasteiger partial charge in [-0.3, -0.25) is 4.79 Å². The molecule has 0 amide bonds. The summed E-state index contributed by atoms with van der Waals surface area (Å²) in [6.45, 7) is 5.16. The first-order valence-electron chi connectivity index (χ1n) is 5.53. The second-order valence-electron chi connectivity index (χ2n) is 3.25. The van der Waals surface area contributed by atoms with E-state index in [0.29, 0.717) is 6.61 Å². The fourth-order valence-corrected chi connectivity index (χ4v) is 2.37. The number of rotatable bonds is 9. The fourth-order valence-electron chi connectivity index (χ4n) is 1.20. The van der Waals surface area contributed by atoms with Crippen LogP contribution in [0.5, 0.6) is 0 Å². The molecule has 0 aliphatic rings. The highest BCUT2D eigenvalue weighted by Crippen LogP contribution is 2.18. The van der Waals surface area contributed by atoms with Gasteiger partial charge in [-0.15, -0.1) is 11.8 Å². The van der Waals surface area contributed by atoms with E-state index in [-0.39, 0.29) is 11.2 Å². The lowest BCUT2D eigenvalue weighted by atomic mass is 10.2. The second kappa shape index (κ2) is 10.3. The summed E-state index contributed by atoms with van der Waals surface area (Å²) in [7, 11) is 1.69. The van der Waals surface area contributed by atoms with Gasteiger partial charge in [0.2, 0.25) is 0 Å². The largest absolute Gasteiger partial charge is 0.465 e. The molecule has 0 rings (SSSR count). The van der Waals surface area contributed by atoms with Gasteiger partial charge in [-0.05, 0) is 25.5 Å². The van der Waals surface area contributed by atoms with Gasteiger partial charge in [-0.2, -0.15) is 0 Å². The Morgan fingerprint density at radius 2 is 2.13 bits per heavy atom. The number of thioether (sulfide) groups is 1. The molecule has 1 unspecified atom stereocenters. The normalized spacial score (nSPS) is 12.5. The predicted molar refractivity (Wildman–Crippen MR) is 64.3 cm³/mol. The summed E-state index contributed by atoms with van der Waals surface area (Å²) in [5, 5.41) is 0.00630. The van der Waals surface area contributed by atoms with Gasteiger partial charge in [0, 0.05) is 13.7 Å². The van der Waals surface area contributed by atoms with Crippen LogP contribution in [0.4, 0.5) is 0 Å². The minimum atomic E-state index is -0.0678. The van der Waals surface area contributed by atoms with E-state index in [9.17, 15) is 4.79 Å². The van der Waals surface area contributed by atoms with Crippen molar-refractivity contribution in [1.82, 2.24) is 0 Å². The predicted octanol–water partition coefficient (Wildman–Crippen LogP) is 2.49. The van der Waals surface area contributed by atoms with Gasteiger partial charge < -0.3 is 9.47 Å². The molecule has 0 aromatic heterocycles. The summed E-state index contributed by atoms with van der Waals surface area (Å²) in [4.78, 5) is 11.5. The molecule has 0 heterocycles. The quantitative estimate of drug-likeness (QED) is 0.453. The van der Waals surface area contributed by atoms with E-state index < -0.39 is 0 Å². The average Bonchev–Trinajstić information content (AvgIpc) is 2.23. The zero-order valence-electron chi connectivity index (χ0n) is 9.95. The lowest BCUT2D eigenvalue weighted by molar-refractivity contribution is -0.142. The number of carbonyl (C=O) groups is 1. The van der Waals surface area contributed by atoms with Crippen molar-refractivity contribution < 1.29 is 14.3 Å². The highest BCUT2D eigenvalue weighted by molar-refractivity contribution is 8.00. The standard InChI is InChI=1S/C11H22O3S/c1-4-7-10(11(12)14-5-2)15-9-6-8-13-3/h10H,4-9H2,1-3H3. The summed E-state index contributed by atoms with van der Waals surface area (Å²) in [5.41, 5.74) is 0. The molecular formula is C11H22O3S. The minimum Gasteiger partial charge on any atom is -0.465 e. The van der Waals surface area contributed by atoms with Crippen molar-refractivity contribution in [3.8, 4) is 0 Å². The van der Waals surface area contributed by atoms with E-state index in [0.717, 1.165) is 31.6 Å². The van der Waals surface area contributed by atoms with Crippen molar-refractivity contribution in [2.75, 3.05) is 26.1 Å². The molecule has 15 heavy (non-hydrogen) atoms. The topological polar surface area (TPSA) is 35.5 Å². The van der Waals surface area contributed by atoms with E-state index in [1.807, 2.05) is 6.92 Å². The van der Waals surface area contributed by atoms with Gasteiger partial charge in [-0.1, -0.05) is 13.3 Å². The van der Waals surface area contributed by atoms with Crippen molar-refractivity contribution in [2.24, 2.45) is 0 Å². The Labute approximate surface area is 96.9 Å². The Hall–Kier alpha value is -0.220. The molecular weight excluding hydrogens is 212 g/mol. The molecule has 0 spiro atoms. The van der Waals surface area contributed by atoms with Crippen LogP contribution in [0.1, 0.15) is 33.1 Å². The Kier molecular flexibility index (Phi) is 10.2. The molecule has 0 bridgehead atoms. The monoisotopic (exact) mass is 234 g/mol. The highest BCUT2D eigenvalue weighted by Gasteiger charge is 2.18. The van der Waals surface area contributed by atoms with Crippen LogP contribution in [-0.4, -0.2) is 37.3 Å². The molecule has 4 heteroatoms. The lowest BCUT2D eigenvalue weighted by Gasteiger charge is -2.13. The maximum atomic E-state index is 11.5. The first-order valence-corrected chi connectivity index (χ1v) is 6.58. The zero-order chi connectivity index (χ0) is 11.5. The molecule has 0 saturated heterocycles. The number of methoxy groups -OCH3 is 1. The Morgan fingerprint density at radius 3 is 2.67 bits per heavy atom. The van der Waals surface area contributed by atoms with Crippen molar-refractivity contribution >= 4 is 17.7 Å². The van der Waals surface area contributed by atoms with Gasteiger partial charge >= 0.3 is 5.97 Å². The fraction of sp³-hybridized carbons (Fsp3) is 0.909. The lowest BCUT2D eigenvalue weighted by Crippen LogP contribution is -2.20. The Bertz CT molecular complexity index is 162. The van der Waals surface area contributed by atoms with E-state index >= 15 is 0 Å².